The van der Waals surface area contributed by atoms with Gasteiger partial charge in [0.15, 0.2) is 39.4 Å². The summed E-state index contributed by atoms with van der Waals surface area (Å²) in [5, 5.41) is 21.0. The van der Waals surface area contributed by atoms with Gasteiger partial charge in [0.1, 0.15) is 87.1 Å². The van der Waals surface area contributed by atoms with Gasteiger partial charge in [-0.15, -0.1) is 0 Å². The SMILES string of the molecule is O=C1c2cccc(O)c2C(=O)c2c(OCCn3c[n+](CCOc4cccc5c4C(=O)c4c(OCCn6c[n+](CCOc7cccc8c7C(=O)c7c(O)cccc7C8=O)c7ccccc76)cccc4C5=O)c4ccccc43)cccc21. The first kappa shape index (κ1) is 49.1. The van der Waals surface area contributed by atoms with Gasteiger partial charge in [0.05, 0.1) is 33.4 Å². The molecule has 80 heavy (non-hydrogen) atoms. The highest BCUT2D eigenvalue weighted by Gasteiger charge is 2.38. The van der Waals surface area contributed by atoms with Crippen LogP contribution in [0.25, 0.3) is 22.1 Å². The second kappa shape index (κ2) is 19.8. The number of phenols is 2. The third-order valence-electron chi connectivity index (χ3n) is 14.9. The lowest BCUT2D eigenvalue weighted by molar-refractivity contribution is -0.673. The molecule has 392 valence electrons. The third-order valence-corrected chi connectivity index (χ3v) is 14.9. The maximum atomic E-state index is 14.6. The van der Waals surface area contributed by atoms with E-state index < -0.39 is 17.3 Å². The maximum absolute atomic E-state index is 14.6. The van der Waals surface area contributed by atoms with E-state index in [4.69, 9.17) is 18.9 Å². The van der Waals surface area contributed by atoms with Gasteiger partial charge >= 0.3 is 0 Å². The Balaban J connectivity index is 0.673. The summed E-state index contributed by atoms with van der Waals surface area (Å²) in [6.07, 6.45) is 3.86. The Labute approximate surface area is 455 Å². The number of benzene rings is 8. The van der Waals surface area contributed by atoms with Crippen LogP contribution in [0, 0.1) is 0 Å². The van der Waals surface area contributed by atoms with Crippen LogP contribution in [-0.2, 0) is 26.2 Å². The molecule has 0 fully saturated rings. The standard InChI is InChI=1S/C64H44N4O12/c69-47-21-5-11-37-53(47)62(74)55-39(59(37)71)13-7-23-49(55)77-31-27-65-35-67(45-19-3-1-17-43(45)65)29-33-79-51-25-9-15-41-57(51)64(76)58-42(61(41)73)16-10-26-52(58)80-34-30-68-36-66(44-18-2-4-20-46(44)68)28-32-78-50-24-8-14-40-56(50)63(75)54-38(60(40)72)12-6-22-48(54)70/h1-26,35-36H,27-34H2/p+2. The molecule has 0 spiro atoms. The second-order valence-electron chi connectivity index (χ2n) is 19.5. The van der Waals surface area contributed by atoms with Crippen LogP contribution in [0.1, 0.15) is 95.5 Å². The number of fused-ring (bicyclic) bond motifs is 8. The third kappa shape index (κ3) is 8.15. The Hall–Kier alpha value is -10.5. The number of ketones is 6. The van der Waals surface area contributed by atoms with Gasteiger partial charge in [0, 0.05) is 33.4 Å². The van der Waals surface area contributed by atoms with Crippen molar-refractivity contribution in [3.05, 3.63) is 237 Å². The molecule has 3 aliphatic rings. The Morgan fingerprint density at radius 2 is 0.625 bits per heavy atom. The molecule has 16 heteroatoms. The van der Waals surface area contributed by atoms with Crippen LogP contribution in [-0.4, -0.2) is 80.5 Å². The topological polar surface area (TPSA) is 197 Å². The molecule has 0 bridgehead atoms. The predicted molar refractivity (Wildman–Crippen MR) is 289 cm³/mol. The molecule has 2 aromatic heterocycles. The highest BCUT2D eigenvalue weighted by atomic mass is 16.5. The summed E-state index contributed by atoms with van der Waals surface area (Å²) in [4.78, 5) is 82.8. The molecule has 2 heterocycles. The Kier molecular flexibility index (Phi) is 12.2. The van der Waals surface area contributed by atoms with E-state index in [1.165, 1.54) is 36.4 Å². The van der Waals surface area contributed by atoms with Crippen LogP contribution in [0.2, 0.25) is 0 Å². The largest absolute Gasteiger partial charge is 0.507 e. The zero-order valence-corrected chi connectivity index (χ0v) is 42.6. The molecule has 0 aliphatic heterocycles. The van der Waals surface area contributed by atoms with Crippen molar-refractivity contribution in [2.75, 3.05) is 26.4 Å². The molecule has 0 atom stereocenters. The molecule has 0 amide bonds. The minimum Gasteiger partial charge on any atom is -0.507 e. The molecule has 2 N–H and O–H groups in total. The fraction of sp³-hybridized carbons (Fsp3) is 0.125. The number of carbonyl (C=O) groups is 6. The molecule has 10 aromatic rings. The summed E-state index contributed by atoms with van der Waals surface area (Å²) in [5.74, 6) is -1.92. The van der Waals surface area contributed by atoms with Gasteiger partial charge in [-0.1, -0.05) is 97.1 Å². The van der Waals surface area contributed by atoms with Gasteiger partial charge in [-0.05, 0) is 60.7 Å². The van der Waals surface area contributed by atoms with Gasteiger partial charge in [0.25, 0.3) is 0 Å². The molecular formula is C64H46N4O12+2. The lowest BCUT2D eigenvalue weighted by atomic mass is 9.83. The van der Waals surface area contributed by atoms with Crippen molar-refractivity contribution in [1.29, 1.82) is 0 Å². The molecule has 8 aromatic carbocycles. The fourth-order valence-electron chi connectivity index (χ4n) is 11.3. The van der Waals surface area contributed by atoms with E-state index in [0.29, 0.717) is 26.2 Å². The van der Waals surface area contributed by atoms with Gasteiger partial charge in [0.2, 0.25) is 30.0 Å². The molecular weight excluding hydrogens is 1020 g/mol. The summed E-state index contributed by atoms with van der Waals surface area (Å²) >= 11 is 0. The number of para-hydroxylation sites is 4. The van der Waals surface area contributed by atoms with Crippen LogP contribution >= 0.6 is 0 Å². The number of aromatic hydroxyl groups is 2. The van der Waals surface area contributed by atoms with E-state index >= 15 is 0 Å². The quantitative estimate of drug-likeness (QED) is 0.0881. The Morgan fingerprint density at radius 1 is 0.325 bits per heavy atom. The molecule has 0 radical (unpaired) electrons. The van der Waals surface area contributed by atoms with Crippen molar-refractivity contribution in [2.24, 2.45) is 0 Å². The van der Waals surface area contributed by atoms with Crippen LogP contribution in [0.3, 0.4) is 0 Å². The van der Waals surface area contributed by atoms with Crippen molar-refractivity contribution in [2.45, 2.75) is 26.2 Å². The van der Waals surface area contributed by atoms with Crippen molar-refractivity contribution in [3.63, 3.8) is 0 Å². The lowest BCUT2D eigenvalue weighted by Gasteiger charge is -2.22. The highest BCUT2D eigenvalue weighted by molar-refractivity contribution is 6.32. The van der Waals surface area contributed by atoms with E-state index in [-0.39, 0.29) is 145 Å². The first-order valence-electron chi connectivity index (χ1n) is 26.0. The first-order chi connectivity index (χ1) is 39.0. The Bertz CT molecular complexity index is 4050. The second-order valence-corrected chi connectivity index (χ2v) is 19.5. The molecule has 16 nitrogen and oxygen atoms in total. The minimum atomic E-state index is -0.479. The van der Waals surface area contributed by atoms with Gasteiger partial charge in [-0.3, -0.25) is 28.8 Å². The van der Waals surface area contributed by atoms with Crippen LogP contribution in [0.15, 0.2) is 170 Å². The summed E-state index contributed by atoms with van der Waals surface area (Å²) in [7, 11) is 0. The van der Waals surface area contributed by atoms with E-state index in [1.807, 2.05) is 79.5 Å². The number of ether oxygens (including phenoxy) is 4. The lowest BCUT2D eigenvalue weighted by Crippen LogP contribution is -2.35. The van der Waals surface area contributed by atoms with E-state index in [1.54, 1.807) is 72.8 Å². The zero-order valence-electron chi connectivity index (χ0n) is 42.6. The fourth-order valence-corrected chi connectivity index (χ4v) is 11.3. The van der Waals surface area contributed by atoms with Crippen LogP contribution < -0.4 is 28.1 Å². The molecule has 13 rings (SSSR count). The van der Waals surface area contributed by atoms with Gasteiger partial charge in [-0.2, -0.15) is 0 Å². The normalized spacial score (nSPS) is 13.2. The number of rotatable bonds is 16. The number of hydrogen-bond acceptors (Lipinski definition) is 12. The van der Waals surface area contributed by atoms with Crippen molar-refractivity contribution >= 4 is 56.8 Å². The molecule has 0 saturated heterocycles. The molecule has 0 unspecified atom stereocenters. The number of phenolic OH excluding ortho intramolecular Hbond substituents is 2. The average molecular weight is 1060 g/mol. The van der Waals surface area contributed by atoms with E-state index in [2.05, 4.69) is 0 Å². The predicted octanol–water partition coefficient (Wildman–Crippen LogP) is 8.22. The summed E-state index contributed by atoms with van der Waals surface area (Å²) < 4.78 is 33.2. The number of nitrogens with zero attached hydrogens (tertiary/aromatic N) is 4. The maximum Gasteiger partial charge on any atom is 0.244 e. The number of carbonyl (C=O) groups excluding carboxylic acids is 6. The van der Waals surface area contributed by atoms with Gasteiger partial charge < -0.3 is 29.2 Å². The first-order valence-corrected chi connectivity index (χ1v) is 26.0. The summed E-state index contributed by atoms with van der Waals surface area (Å²) in [6.45, 7) is 2.09. The summed E-state index contributed by atoms with van der Waals surface area (Å²) in [5.41, 5.74) is 5.30. The number of imidazole rings is 2. The average Bonchev–Trinajstić information content (AvgIpc) is 4.06. The minimum absolute atomic E-state index is 0.0376. The summed E-state index contributed by atoms with van der Waals surface area (Å²) in [6, 6.07) is 44.3. The molecule has 3 aliphatic carbocycles. The van der Waals surface area contributed by atoms with Crippen molar-refractivity contribution in [3.8, 4) is 34.5 Å². The van der Waals surface area contributed by atoms with Gasteiger partial charge in [-0.25, -0.2) is 18.3 Å². The molecule has 0 saturated carbocycles. The number of hydrogen-bond donors (Lipinski definition) is 2. The van der Waals surface area contributed by atoms with E-state index in [0.717, 1.165) is 22.1 Å². The zero-order chi connectivity index (χ0) is 54.8. The van der Waals surface area contributed by atoms with E-state index in [9.17, 15) is 39.0 Å². The van der Waals surface area contributed by atoms with Crippen LogP contribution in [0.5, 0.6) is 34.5 Å². The number of aromatic nitrogens is 4. The monoisotopic (exact) mass is 1060 g/mol. The van der Waals surface area contributed by atoms with Crippen molar-refractivity contribution < 1.29 is 67.1 Å². The Morgan fingerprint density at radius 3 is 0.988 bits per heavy atom. The smallest absolute Gasteiger partial charge is 0.244 e. The highest BCUT2D eigenvalue weighted by Crippen LogP contribution is 2.40. The van der Waals surface area contributed by atoms with Crippen LogP contribution in [0.4, 0.5) is 0 Å². The van der Waals surface area contributed by atoms with Crippen molar-refractivity contribution in [1.82, 2.24) is 9.13 Å².